The molecule has 8 heteroatoms. The number of benzene rings is 1. The lowest BCUT2D eigenvalue weighted by Crippen LogP contribution is -3.28. The molecule has 0 aromatic heterocycles. The van der Waals surface area contributed by atoms with Gasteiger partial charge in [0.1, 0.15) is 38.5 Å². The number of ether oxygens (including phenoxy) is 2. The van der Waals surface area contributed by atoms with Crippen LogP contribution in [0.5, 0.6) is 5.75 Å². The molecule has 2 fully saturated rings. The molecule has 2 amide bonds. The number of piperidine rings is 1. The van der Waals surface area contributed by atoms with Gasteiger partial charge in [0.25, 0.3) is 5.91 Å². The number of nitrogens with one attached hydrogen (secondary N) is 3. The molecule has 8 nitrogen and oxygen atoms in total. The summed E-state index contributed by atoms with van der Waals surface area (Å²) in [6.07, 6.45) is 1.33. The molecule has 30 heavy (non-hydrogen) atoms. The molecule has 0 radical (unpaired) electrons. The van der Waals surface area contributed by atoms with Gasteiger partial charge in [-0.2, -0.15) is 0 Å². The van der Waals surface area contributed by atoms with Crippen molar-refractivity contribution in [2.24, 2.45) is 0 Å². The summed E-state index contributed by atoms with van der Waals surface area (Å²) in [6, 6.07) is 8.44. The number of likely N-dealkylation sites (tertiary alicyclic amines) is 1. The van der Waals surface area contributed by atoms with Crippen LogP contribution in [0.25, 0.3) is 0 Å². The van der Waals surface area contributed by atoms with Gasteiger partial charge in [0.2, 0.25) is 0 Å². The van der Waals surface area contributed by atoms with Crippen molar-refractivity contribution < 1.29 is 28.9 Å². The molecular weight excluding hydrogens is 384 g/mol. The largest absolute Gasteiger partial charge is 0.497 e. The molecule has 3 N–H and O–H groups in total. The quantitative estimate of drug-likeness (QED) is 0.514. The molecule has 0 unspecified atom stereocenters. The Morgan fingerprint density at radius 3 is 2.30 bits per heavy atom. The Labute approximate surface area is 179 Å². The highest BCUT2D eigenvalue weighted by molar-refractivity contribution is 5.77. The molecule has 0 saturated carbocycles. The number of methoxy groups -OCH3 is 1. The zero-order valence-corrected chi connectivity index (χ0v) is 18.2. The monoisotopic (exact) mass is 420 g/mol. The van der Waals surface area contributed by atoms with Crippen molar-refractivity contribution in [3.05, 3.63) is 29.8 Å². The predicted octanol–water partition coefficient (Wildman–Crippen LogP) is -1.28. The van der Waals surface area contributed by atoms with E-state index in [4.69, 9.17) is 9.47 Å². The maximum Gasteiger partial charge on any atom is 0.409 e. The third-order valence-electron chi connectivity index (χ3n) is 6.07. The fourth-order valence-electron chi connectivity index (χ4n) is 4.27. The number of carbonyl (C=O) groups is 2. The first-order chi connectivity index (χ1) is 14.6. The van der Waals surface area contributed by atoms with E-state index in [1.54, 1.807) is 16.9 Å². The van der Waals surface area contributed by atoms with Crippen LogP contribution in [-0.4, -0.2) is 82.5 Å². The van der Waals surface area contributed by atoms with Crippen LogP contribution < -0.4 is 19.9 Å². The highest BCUT2D eigenvalue weighted by atomic mass is 16.6. The van der Waals surface area contributed by atoms with E-state index in [9.17, 15) is 9.59 Å². The van der Waals surface area contributed by atoms with Gasteiger partial charge in [-0.05, 0) is 44.0 Å². The first kappa shape index (κ1) is 22.4. The Hall–Kier alpha value is -2.32. The van der Waals surface area contributed by atoms with Crippen molar-refractivity contribution in [3.63, 3.8) is 0 Å². The van der Waals surface area contributed by atoms with Crippen LogP contribution >= 0.6 is 0 Å². The second-order valence-corrected chi connectivity index (χ2v) is 8.23. The average molecular weight is 421 g/mol. The lowest BCUT2D eigenvalue weighted by molar-refractivity contribution is -1.02. The molecule has 1 aromatic carbocycles. The number of piperazine rings is 1. The summed E-state index contributed by atoms with van der Waals surface area (Å²) in [5.41, 5.74) is 1.32. The molecule has 3 rings (SSSR count). The number of hydrogen-bond donors (Lipinski definition) is 3. The van der Waals surface area contributed by atoms with Crippen molar-refractivity contribution in [2.75, 3.05) is 59.5 Å². The van der Waals surface area contributed by atoms with E-state index in [0.717, 1.165) is 51.3 Å². The standard InChI is InChI=1S/C22H34N4O4/c1-3-30-22(28)26-10-8-19(9-11-26)23-21(27)17-25-14-12-24(13-15-25)16-18-4-6-20(29-2)7-5-18/h4-7,19H,3,8-17H2,1-2H3,(H,23,27)/p+2. The van der Waals surface area contributed by atoms with E-state index >= 15 is 0 Å². The SMILES string of the molecule is CCOC(=O)N1CCC(NC(=O)C[NH+]2CC[NH+](Cc3ccc(OC)cc3)CC2)CC1. The normalized spacial score (nSPS) is 22.4. The van der Waals surface area contributed by atoms with Gasteiger partial charge >= 0.3 is 6.09 Å². The van der Waals surface area contributed by atoms with Crippen LogP contribution in [0.1, 0.15) is 25.3 Å². The third-order valence-corrected chi connectivity index (χ3v) is 6.07. The number of amides is 2. The zero-order chi connectivity index (χ0) is 21.3. The van der Waals surface area contributed by atoms with Gasteiger partial charge in [-0.3, -0.25) is 4.79 Å². The molecule has 0 atom stereocenters. The first-order valence-electron chi connectivity index (χ1n) is 11.1. The summed E-state index contributed by atoms with van der Waals surface area (Å²) in [5.74, 6) is 1.01. The molecule has 2 heterocycles. The molecule has 2 aliphatic rings. The van der Waals surface area contributed by atoms with Gasteiger partial charge in [0, 0.05) is 24.7 Å². The van der Waals surface area contributed by atoms with Crippen molar-refractivity contribution in [1.82, 2.24) is 10.2 Å². The second-order valence-electron chi connectivity index (χ2n) is 8.23. The minimum Gasteiger partial charge on any atom is -0.497 e. The first-order valence-corrected chi connectivity index (χ1v) is 11.1. The van der Waals surface area contributed by atoms with Crippen LogP contribution in [-0.2, 0) is 16.1 Å². The van der Waals surface area contributed by atoms with Crippen molar-refractivity contribution in [3.8, 4) is 5.75 Å². The molecule has 2 saturated heterocycles. The zero-order valence-electron chi connectivity index (χ0n) is 18.2. The maximum absolute atomic E-state index is 12.5. The fraction of sp³-hybridized carbons (Fsp3) is 0.636. The van der Waals surface area contributed by atoms with E-state index in [1.807, 2.05) is 19.1 Å². The van der Waals surface area contributed by atoms with Crippen LogP contribution in [0.2, 0.25) is 0 Å². The highest BCUT2D eigenvalue weighted by Gasteiger charge is 2.28. The summed E-state index contributed by atoms with van der Waals surface area (Å²) in [6.45, 7) is 9.23. The topological polar surface area (TPSA) is 76.8 Å². The van der Waals surface area contributed by atoms with Gasteiger partial charge < -0.3 is 29.5 Å². The molecule has 1 aromatic rings. The average Bonchev–Trinajstić information content (AvgIpc) is 2.76. The van der Waals surface area contributed by atoms with Crippen molar-refractivity contribution >= 4 is 12.0 Å². The number of hydrogen-bond acceptors (Lipinski definition) is 4. The predicted molar refractivity (Wildman–Crippen MR) is 113 cm³/mol. The minimum atomic E-state index is -0.248. The molecule has 0 aliphatic carbocycles. The van der Waals surface area contributed by atoms with Crippen molar-refractivity contribution in [2.45, 2.75) is 32.4 Å². The number of carbonyl (C=O) groups excluding carboxylic acids is 2. The van der Waals surface area contributed by atoms with Gasteiger partial charge in [0.05, 0.1) is 13.7 Å². The lowest BCUT2D eigenvalue weighted by Gasteiger charge is -2.32. The smallest absolute Gasteiger partial charge is 0.409 e. The van der Waals surface area contributed by atoms with Crippen LogP contribution in [0, 0.1) is 0 Å². The Kier molecular flexibility index (Phi) is 8.33. The summed E-state index contributed by atoms with van der Waals surface area (Å²) in [7, 11) is 1.69. The third kappa shape index (κ3) is 6.60. The van der Waals surface area contributed by atoms with Gasteiger partial charge in [-0.25, -0.2) is 4.79 Å². The fourth-order valence-corrected chi connectivity index (χ4v) is 4.27. The number of rotatable bonds is 7. The number of quaternary nitrogens is 2. The Morgan fingerprint density at radius 2 is 1.70 bits per heavy atom. The summed E-state index contributed by atoms with van der Waals surface area (Å²) in [4.78, 5) is 28.9. The van der Waals surface area contributed by atoms with E-state index in [1.165, 1.54) is 10.5 Å². The van der Waals surface area contributed by atoms with E-state index in [0.29, 0.717) is 26.2 Å². The molecule has 2 aliphatic heterocycles. The van der Waals surface area contributed by atoms with E-state index in [2.05, 4.69) is 17.4 Å². The molecule has 166 valence electrons. The second kappa shape index (κ2) is 11.2. The summed E-state index contributed by atoms with van der Waals surface area (Å²) < 4.78 is 10.3. The van der Waals surface area contributed by atoms with E-state index in [-0.39, 0.29) is 18.0 Å². The van der Waals surface area contributed by atoms with E-state index < -0.39 is 0 Å². The Bertz CT molecular complexity index is 681. The summed E-state index contributed by atoms with van der Waals surface area (Å²) >= 11 is 0. The minimum absolute atomic E-state index is 0.123. The van der Waals surface area contributed by atoms with Gasteiger partial charge in [0.15, 0.2) is 6.54 Å². The summed E-state index contributed by atoms with van der Waals surface area (Å²) in [5, 5.41) is 3.16. The molecule has 0 spiro atoms. The Balaban J connectivity index is 1.33. The molecule has 0 bridgehead atoms. The molecular formula is C22H36N4O4+2. The van der Waals surface area contributed by atoms with Crippen molar-refractivity contribution in [1.29, 1.82) is 0 Å². The maximum atomic E-state index is 12.5. The van der Waals surface area contributed by atoms with Crippen LogP contribution in [0.15, 0.2) is 24.3 Å². The van der Waals surface area contributed by atoms with Gasteiger partial charge in [-0.1, -0.05) is 0 Å². The Morgan fingerprint density at radius 1 is 1.07 bits per heavy atom. The van der Waals surface area contributed by atoms with Gasteiger partial charge in [-0.15, -0.1) is 0 Å². The van der Waals surface area contributed by atoms with Crippen LogP contribution in [0.4, 0.5) is 4.79 Å². The lowest BCUT2D eigenvalue weighted by atomic mass is 10.1. The highest BCUT2D eigenvalue weighted by Crippen LogP contribution is 2.11. The van der Waals surface area contributed by atoms with Crippen LogP contribution in [0.3, 0.4) is 0 Å². The number of nitrogens with zero attached hydrogens (tertiary/aromatic N) is 1.